The van der Waals surface area contributed by atoms with Crippen molar-refractivity contribution in [3.05, 3.63) is 35.6 Å². The second kappa shape index (κ2) is 10.1. The summed E-state index contributed by atoms with van der Waals surface area (Å²) in [6, 6.07) is 1.70. The van der Waals surface area contributed by atoms with Gasteiger partial charge in [0, 0.05) is 13.0 Å². The summed E-state index contributed by atoms with van der Waals surface area (Å²) in [7, 11) is 0. The third-order valence-corrected chi connectivity index (χ3v) is 5.21. The molecule has 0 saturated carbocycles. The molecule has 2 atom stereocenters. The Kier molecular flexibility index (Phi) is 7.20. The molecule has 2 saturated heterocycles. The van der Waals surface area contributed by atoms with Gasteiger partial charge in [0.15, 0.2) is 0 Å². The number of carbonyl (C=O) groups excluding carboxylic acids is 5. The lowest BCUT2D eigenvalue weighted by Crippen LogP contribution is -2.64. The van der Waals surface area contributed by atoms with E-state index in [1.165, 1.54) is 18.2 Å². The van der Waals surface area contributed by atoms with Gasteiger partial charge in [0.1, 0.15) is 18.1 Å². The minimum absolute atomic E-state index is 0.134. The first-order valence-electron chi connectivity index (χ1n) is 10.2. The quantitative estimate of drug-likeness (QED) is 0.467. The van der Waals surface area contributed by atoms with E-state index < -0.39 is 54.0 Å². The van der Waals surface area contributed by atoms with Gasteiger partial charge in [0.05, 0.1) is 24.6 Å². The predicted octanol–water partition coefficient (Wildman–Crippen LogP) is -0.337. The molecule has 12 nitrogen and oxygen atoms in total. The molecule has 0 radical (unpaired) electrons. The maximum absolute atomic E-state index is 14.0. The van der Waals surface area contributed by atoms with Gasteiger partial charge in [-0.1, -0.05) is 12.1 Å². The minimum atomic E-state index is -1.32. The summed E-state index contributed by atoms with van der Waals surface area (Å²) in [4.78, 5) is 73.2. The highest BCUT2D eigenvalue weighted by Crippen LogP contribution is 2.24. The molecule has 2 fully saturated rings. The third-order valence-electron chi connectivity index (χ3n) is 5.21. The summed E-state index contributed by atoms with van der Waals surface area (Å²) in [6.07, 6.45) is -0.0363. The second-order valence-corrected chi connectivity index (χ2v) is 7.47. The van der Waals surface area contributed by atoms with Crippen LogP contribution in [0.2, 0.25) is 0 Å². The van der Waals surface area contributed by atoms with Crippen molar-refractivity contribution in [2.75, 3.05) is 13.1 Å². The number of aliphatic carboxylic acids is 1. The van der Waals surface area contributed by atoms with E-state index in [0.717, 1.165) is 21.1 Å². The Hall–Kier alpha value is -4.03. The van der Waals surface area contributed by atoms with E-state index in [4.69, 9.17) is 5.11 Å². The largest absolute Gasteiger partial charge is 0.481 e. The first kappa shape index (κ1) is 23.6. The number of benzene rings is 1. The van der Waals surface area contributed by atoms with Gasteiger partial charge in [0.25, 0.3) is 5.91 Å². The van der Waals surface area contributed by atoms with Crippen LogP contribution in [0.5, 0.6) is 0 Å². The number of carbonyl (C=O) groups is 6. The number of halogens is 1. The molecule has 2 aliphatic heterocycles. The molecular weight excluding hydrogens is 441 g/mol. The highest BCUT2D eigenvalue weighted by molar-refractivity contribution is 5.97. The lowest BCUT2D eigenvalue weighted by Gasteiger charge is -2.42. The van der Waals surface area contributed by atoms with Gasteiger partial charge < -0.3 is 15.2 Å². The topological polar surface area (TPSA) is 156 Å². The molecule has 33 heavy (non-hydrogen) atoms. The molecule has 0 bridgehead atoms. The maximum atomic E-state index is 14.0. The standard InChI is InChI=1S/C20H22FN5O7/c21-14-5-2-1-4-13(14)18(31)23-24-9-7-16(28)25-8-3-6-15(26(25)20(24)33)19(32)22-12(11-27)10-17(29)30/h1-2,4-5,11-12,15H,3,6-10H2,(H,22,32)(H,23,31)(H,29,30). The number of aldehydes is 1. The SMILES string of the molecule is O=CC(CC(=O)O)NC(=O)C1CCCN2C(=O)CCN(NC(=O)c3ccccc3F)C(=O)N12. The fourth-order valence-electron chi connectivity index (χ4n) is 3.64. The van der Waals surface area contributed by atoms with Crippen molar-refractivity contribution in [3.63, 3.8) is 0 Å². The van der Waals surface area contributed by atoms with E-state index in [9.17, 15) is 33.2 Å². The van der Waals surface area contributed by atoms with Crippen LogP contribution in [0, 0.1) is 5.82 Å². The molecule has 2 heterocycles. The Morgan fingerprint density at radius 3 is 2.61 bits per heavy atom. The highest BCUT2D eigenvalue weighted by atomic mass is 19.1. The lowest BCUT2D eigenvalue weighted by atomic mass is 10.1. The van der Waals surface area contributed by atoms with Crippen LogP contribution in [0.15, 0.2) is 24.3 Å². The zero-order valence-corrected chi connectivity index (χ0v) is 17.4. The van der Waals surface area contributed by atoms with E-state index in [2.05, 4.69) is 10.7 Å². The van der Waals surface area contributed by atoms with Crippen LogP contribution in [-0.2, 0) is 19.2 Å². The Morgan fingerprint density at radius 1 is 1.21 bits per heavy atom. The summed E-state index contributed by atoms with van der Waals surface area (Å²) in [5, 5.41) is 14.0. The third kappa shape index (κ3) is 5.25. The molecule has 0 aliphatic carbocycles. The zero-order chi connectivity index (χ0) is 24.1. The van der Waals surface area contributed by atoms with E-state index in [-0.39, 0.29) is 37.8 Å². The van der Waals surface area contributed by atoms with Crippen LogP contribution in [0.25, 0.3) is 0 Å². The predicted molar refractivity (Wildman–Crippen MR) is 107 cm³/mol. The van der Waals surface area contributed by atoms with Gasteiger partial charge in [-0.3, -0.25) is 24.6 Å². The summed E-state index contributed by atoms with van der Waals surface area (Å²) < 4.78 is 14.0. The van der Waals surface area contributed by atoms with Crippen LogP contribution in [0.1, 0.15) is 36.0 Å². The number of rotatable bonds is 7. The van der Waals surface area contributed by atoms with Crippen molar-refractivity contribution in [2.24, 2.45) is 0 Å². The van der Waals surface area contributed by atoms with Crippen LogP contribution in [0.3, 0.4) is 0 Å². The average Bonchev–Trinajstić information content (AvgIpc) is 2.90. The summed E-state index contributed by atoms with van der Waals surface area (Å²) in [6.45, 7) is -0.0646. The number of urea groups is 1. The summed E-state index contributed by atoms with van der Waals surface area (Å²) in [5.41, 5.74) is 1.96. The molecule has 176 valence electrons. The van der Waals surface area contributed by atoms with Gasteiger partial charge in [-0.15, -0.1) is 0 Å². The number of hydrogen-bond acceptors (Lipinski definition) is 6. The highest BCUT2D eigenvalue weighted by Gasteiger charge is 2.44. The lowest BCUT2D eigenvalue weighted by molar-refractivity contribution is -0.155. The Morgan fingerprint density at radius 2 is 1.94 bits per heavy atom. The number of fused-ring (bicyclic) bond motifs is 1. The Bertz CT molecular complexity index is 987. The fourth-order valence-corrected chi connectivity index (χ4v) is 3.64. The molecule has 3 N–H and O–H groups in total. The van der Waals surface area contributed by atoms with Gasteiger partial charge >= 0.3 is 12.0 Å². The minimum Gasteiger partial charge on any atom is -0.481 e. The number of nitrogens with zero attached hydrogens (tertiary/aromatic N) is 3. The van der Waals surface area contributed by atoms with Gasteiger partial charge in [-0.05, 0) is 25.0 Å². The van der Waals surface area contributed by atoms with Crippen LogP contribution in [0.4, 0.5) is 9.18 Å². The monoisotopic (exact) mass is 463 g/mol. The maximum Gasteiger partial charge on any atom is 0.358 e. The molecule has 5 amide bonds. The Labute approximate surface area is 187 Å². The molecule has 3 rings (SSSR count). The number of nitrogens with one attached hydrogen (secondary N) is 2. The van der Waals surface area contributed by atoms with Crippen molar-refractivity contribution in [3.8, 4) is 0 Å². The van der Waals surface area contributed by atoms with Crippen molar-refractivity contribution in [2.45, 2.75) is 37.8 Å². The van der Waals surface area contributed by atoms with Crippen molar-refractivity contribution in [1.82, 2.24) is 25.8 Å². The second-order valence-electron chi connectivity index (χ2n) is 7.47. The first-order valence-corrected chi connectivity index (χ1v) is 10.2. The van der Waals surface area contributed by atoms with Gasteiger partial charge in [0.2, 0.25) is 11.8 Å². The van der Waals surface area contributed by atoms with Gasteiger partial charge in [-0.2, -0.15) is 0 Å². The zero-order valence-electron chi connectivity index (χ0n) is 17.4. The normalized spacial score (nSPS) is 19.3. The molecule has 0 spiro atoms. The number of carboxylic acids is 1. The van der Waals surface area contributed by atoms with E-state index in [1.54, 1.807) is 0 Å². The van der Waals surface area contributed by atoms with Crippen molar-refractivity contribution < 1.29 is 38.3 Å². The van der Waals surface area contributed by atoms with Crippen LogP contribution in [-0.4, -0.2) is 81.3 Å². The molecule has 1 aromatic carbocycles. The number of hydrazine groups is 2. The first-order chi connectivity index (χ1) is 15.7. The van der Waals surface area contributed by atoms with Crippen molar-refractivity contribution in [1.29, 1.82) is 0 Å². The molecule has 2 aliphatic rings. The van der Waals surface area contributed by atoms with Crippen LogP contribution >= 0.6 is 0 Å². The molecule has 0 aromatic heterocycles. The smallest absolute Gasteiger partial charge is 0.358 e. The van der Waals surface area contributed by atoms with E-state index in [1.807, 2.05) is 0 Å². The van der Waals surface area contributed by atoms with Crippen molar-refractivity contribution >= 4 is 36.0 Å². The number of carboxylic acid groups (broad SMARTS) is 1. The molecular formula is C20H22FN5O7. The van der Waals surface area contributed by atoms with E-state index in [0.29, 0.717) is 6.42 Å². The summed E-state index contributed by atoms with van der Waals surface area (Å²) in [5.74, 6) is -4.31. The molecule has 13 heteroatoms. The van der Waals surface area contributed by atoms with Gasteiger partial charge in [-0.25, -0.2) is 24.2 Å². The van der Waals surface area contributed by atoms with Crippen LogP contribution < -0.4 is 10.7 Å². The Balaban J connectivity index is 1.82. The summed E-state index contributed by atoms with van der Waals surface area (Å²) >= 11 is 0. The number of hydrogen-bond donors (Lipinski definition) is 3. The molecule has 2 unspecified atom stereocenters. The number of amides is 5. The average molecular weight is 463 g/mol. The fraction of sp³-hybridized carbons (Fsp3) is 0.400. The van der Waals surface area contributed by atoms with E-state index >= 15 is 0 Å². The molecule has 1 aromatic rings.